The number of hydrogen-bond acceptors (Lipinski definition) is 3. The molecule has 0 amide bonds. The largest absolute Gasteiger partial charge is 0.344 e. The molecule has 0 radical (unpaired) electrons. The van der Waals surface area contributed by atoms with Crippen LogP contribution < -0.4 is 10.7 Å². The Bertz CT molecular complexity index is 1170. The van der Waals surface area contributed by atoms with Crippen molar-refractivity contribution in [1.29, 1.82) is 0 Å². The highest BCUT2D eigenvalue weighted by Gasteiger charge is 2.26. The molecule has 106 valence electrons. The van der Waals surface area contributed by atoms with Gasteiger partial charge in [0, 0.05) is 22.3 Å². The predicted octanol–water partition coefficient (Wildman–Crippen LogP) is 3.43. The van der Waals surface area contributed by atoms with Crippen molar-refractivity contribution < 1.29 is 0 Å². The lowest BCUT2D eigenvalue weighted by atomic mass is 9.98. The van der Waals surface area contributed by atoms with E-state index in [0.717, 1.165) is 55.4 Å². The van der Waals surface area contributed by atoms with Gasteiger partial charge in [0.1, 0.15) is 10.7 Å². The van der Waals surface area contributed by atoms with Crippen LogP contribution in [0.5, 0.6) is 0 Å². The first-order valence-electron chi connectivity index (χ1n) is 7.57. The zero-order valence-electron chi connectivity index (χ0n) is 12.0. The fraction of sp³-hybridized carbons (Fsp3) is 0. The molecule has 4 aromatic rings. The van der Waals surface area contributed by atoms with Crippen LogP contribution in [0, 0.1) is 0 Å². The highest BCUT2D eigenvalue weighted by Crippen LogP contribution is 2.40. The van der Waals surface area contributed by atoms with E-state index < -0.39 is 0 Å². The van der Waals surface area contributed by atoms with Crippen LogP contribution in [0.3, 0.4) is 0 Å². The summed E-state index contributed by atoms with van der Waals surface area (Å²) in [5.74, 6) is 0. The highest BCUT2D eigenvalue weighted by molar-refractivity contribution is 6.05. The Balaban J connectivity index is 1.92. The lowest BCUT2D eigenvalue weighted by molar-refractivity contribution is 1.30. The lowest BCUT2D eigenvalue weighted by Gasteiger charge is -2.03. The van der Waals surface area contributed by atoms with Gasteiger partial charge >= 0.3 is 0 Å². The molecule has 3 heterocycles. The summed E-state index contributed by atoms with van der Waals surface area (Å²) in [5.41, 5.74) is 8.48. The minimum Gasteiger partial charge on any atom is -0.344 e. The molecule has 2 aliphatic heterocycles. The molecule has 1 N–H and O–H groups in total. The van der Waals surface area contributed by atoms with Gasteiger partial charge in [-0.2, -0.15) is 0 Å². The summed E-state index contributed by atoms with van der Waals surface area (Å²) in [7, 11) is 0. The number of aromatic amines is 1. The van der Waals surface area contributed by atoms with Gasteiger partial charge in [0.05, 0.1) is 28.7 Å². The number of H-pyrrole nitrogens is 1. The van der Waals surface area contributed by atoms with E-state index >= 15 is 0 Å². The molecule has 0 spiro atoms. The van der Waals surface area contributed by atoms with Gasteiger partial charge < -0.3 is 4.98 Å². The predicted molar refractivity (Wildman–Crippen MR) is 88.6 cm³/mol. The average Bonchev–Trinajstić information content (AvgIpc) is 3.28. The van der Waals surface area contributed by atoms with E-state index in [-0.39, 0.29) is 0 Å². The lowest BCUT2D eigenvalue weighted by Crippen LogP contribution is -2.26. The van der Waals surface area contributed by atoms with Crippen molar-refractivity contribution in [3.05, 3.63) is 65.6 Å². The minimum atomic E-state index is 0.942. The van der Waals surface area contributed by atoms with Crippen molar-refractivity contribution in [3.8, 4) is 22.3 Å². The molecular weight excluding hydrogens is 284 g/mol. The van der Waals surface area contributed by atoms with E-state index in [0.29, 0.717) is 0 Å². The number of nitrogens with zero attached hydrogens (tertiary/aromatic N) is 3. The van der Waals surface area contributed by atoms with Gasteiger partial charge in [0.25, 0.3) is 0 Å². The van der Waals surface area contributed by atoms with Crippen molar-refractivity contribution in [2.45, 2.75) is 0 Å². The van der Waals surface area contributed by atoms with Gasteiger partial charge in [-0.3, -0.25) is 0 Å². The van der Waals surface area contributed by atoms with E-state index in [4.69, 9.17) is 9.98 Å². The number of benzene rings is 3. The maximum absolute atomic E-state index is 4.86. The van der Waals surface area contributed by atoms with Crippen LogP contribution >= 0.6 is 0 Å². The Morgan fingerprint density at radius 2 is 1.30 bits per heavy atom. The standard InChI is InChI=1S/C19H10N4/c1-3-7-12-10(5-1)14-16-17(21-9-20-16)15-11-6-2-4-8-13(11)23-19(15)18(14)22-12/h1-9H,(H,20,21). The van der Waals surface area contributed by atoms with Crippen LogP contribution in [0.1, 0.15) is 0 Å². The molecule has 0 unspecified atom stereocenters. The molecule has 23 heavy (non-hydrogen) atoms. The van der Waals surface area contributed by atoms with Crippen LogP contribution in [0.25, 0.3) is 33.3 Å². The van der Waals surface area contributed by atoms with Gasteiger partial charge in [0.15, 0.2) is 0 Å². The fourth-order valence-corrected chi connectivity index (χ4v) is 3.68. The highest BCUT2D eigenvalue weighted by atomic mass is 14.9. The number of nitrogens with one attached hydrogen (secondary N) is 1. The summed E-state index contributed by atoms with van der Waals surface area (Å²) in [6.45, 7) is 0. The summed E-state index contributed by atoms with van der Waals surface area (Å²) in [5, 5.41) is 1.89. The first kappa shape index (κ1) is 11.3. The number of aromatic nitrogens is 2. The fourth-order valence-electron chi connectivity index (χ4n) is 3.68. The van der Waals surface area contributed by atoms with E-state index in [1.807, 2.05) is 36.4 Å². The van der Waals surface area contributed by atoms with Crippen molar-refractivity contribution in [1.82, 2.24) is 9.97 Å². The van der Waals surface area contributed by atoms with Crippen molar-refractivity contribution in [2.24, 2.45) is 9.98 Å². The average molecular weight is 294 g/mol. The zero-order chi connectivity index (χ0) is 15.0. The van der Waals surface area contributed by atoms with Crippen LogP contribution in [-0.4, -0.2) is 9.97 Å². The van der Waals surface area contributed by atoms with Crippen molar-refractivity contribution in [2.75, 3.05) is 0 Å². The monoisotopic (exact) mass is 294 g/mol. The Kier molecular flexibility index (Phi) is 1.84. The molecule has 6 rings (SSSR count). The van der Waals surface area contributed by atoms with Crippen LogP contribution in [0.4, 0.5) is 11.4 Å². The van der Waals surface area contributed by atoms with E-state index in [9.17, 15) is 0 Å². The Hall–Kier alpha value is -3.27. The third kappa shape index (κ3) is 1.25. The van der Waals surface area contributed by atoms with Gasteiger partial charge in [-0.05, 0) is 12.1 Å². The second kappa shape index (κ2) is 3.73. The second-order valence-electron chi connectivity index (χ2n) is 5.83. The van der Waals surface area contributed by atoms with E-state index in [2.05, 4.69) is 22.1 Å². The van der Waals surface area contributed by atoms with E-state index in [1.54, 1.807) is 6.33 Å². The zero-order valence-corrected chi connectivity index (χ0v) is 12.0. The normalized spacial score (nSPS) is 13.0. The van der Waals surface area contributed by atoms with E-state index in [1.165, 1.54) is 0 Å². The van der Waals surface area contributed by atoms with Gasteiger partial charge in [0.2, 0.25) is 0 Å². The third-order valence-corrected chi connectivity index (χ3v) is 4.64. The maximum Gasteiger partial charge on any atom is 0.100 e. The Morgan fingerprint density at radius 1 is 0.696 bits per heavy atom. The number of fused-ring (bicyclic) bond motifs is 10. The van der Waals surface area contributed by atoms with Crippen molar-refractivity contribution >= 4 is 22.4 Å². The molecular formula is C19H10N4. The summed E-state index contributed by atoms with van der Waals surface area (Å²) in [6.07, 6.45) is 1.76. The summed E-state index contributed by atoms with van der Waals surface area (Å²) >= 11 is 0. The molecule has 2 aliphatic rings. The number of rotatable bonds is 0. The number of para-hydroxylation sites is 2. The molecule has 4 nitrogen and oxygen atoms in total. The molecule has 4 heteroatoms. The molecule has 3 aromatic carbocycles. The number of imidazole rings is 1. The van der Waals surface area contributed by atoms with Crippen LogP contribution in [0.2, 0.25) is 0 Å². The van der Waals surface area contributed by atoms with Gasteiger partial charge in [-0.15, -0.1) is 0 Å². The van der Waals surface area contributed by atoms with Crippen LogP contribution in [0.15, 0.2) is 64.8 Å². The quantitative estimate of drug-likeness (QED) is 0.458. The van der Waals surface area contributed by atoms with Gasteiger partial charge in [-0.1, -0.05) is 36.4 Å². The Morgan fingerprint density at radius 3 is 2.04 bits per heavy atom. The summed E-state index contributed by atoms with van der Waals surface area (Å²) in [6, 6.07) is 16.4. The molecule has 0 bridgehead atoms. The first-order chi connectivity index (χ1) is 11.4. The third-order valence-electron chi connectivity index (χ3n) is 4.64. The molecule has 1 aromatic heterocycles. The minimum absolute atomic E-state index is 0.942. The molecule has 0 saturated heterocycles. The maximum atomic E-state index is 4.86. The Labute approximate surface area is 130 Å². The second-order valence-corrected chi connectivity index (χ2v) is 5.83. The smallest absolute Gasteiger partial charge is 0.100 e. The molecule has 0 aliphatic carbocycles. The SMILES string of the molecule is c1ccc2c(c1)N=c1c-2c2nc[nH]c2c2c1=Nc1ccccc1-2. The van der Waals surface area contributed by atoms with Crippen molar-refractivity contribution in [3.63, 3.8) is 0 Å². The molecule has 0 atom stereocenters. The molecule has 0 saturated carbocycles. The van der Waals surface area contributed by atoms with Crippen LogP contribution in [-0.2, 0) is 0 Å². The topological polar surface area (TPSA) is 53.4 Å². The molecule has 0 fully saturated rings. The first-order valence-corrected chi connectivity index (χ1v) is 7.57. The summed E-state index contributed by atoms with van der Waals surface area (Å²) < 4.78 is 0. The van der Waals surface area contributed by atoms with Gasteiger partial charge in [-0.25, -0.2) is 15.0 Å². The number of hydrogen-bond donors (Lipinski definition) is 1. The summed E-state index contributed by atoms with van der Waals surface area (Å²) in [4.78, 5) is 17.6.